The molecule has 2 aromatic rings. The second-order valence-electron chi connectivity index (χ2n) is 5.21. The van der Waals surface area contributed by atoms with Gasteiger partial charge in [0.05, 0.1) is 0 Å². The number of aromatic nitrogens is 3. The van der Waals surface area contributed by atoms with Gasteiger partial charge in [0.25, 0.3) is 0 Å². The second-order valence-corrected chi connectivity index (χ2v) is 5.21. The van der Waals surface area contributed by atoms with Crippen molar-refractivity contribution in [3.8, 4) is 0 Å². The van der Waals surface area contributed by atoms with Crippen molar-refractivity contribution in [1.29, 1.82) is 0 Å². The third-order valence-electron chi connectivity index (χ3n) is 3.05. The molecule has 20 heavy (non-hydrogen) atoms. The smallest absolute Gasteiger partial charge is 0.135 e. The van der Waals surface area contributed by atoms with Gasteiger partial charge < -0.3 is 5.32 Å². The highest BCUT2D eigenvalue weighted by Crippen LogP contribution is 2.17. The summed E-state index contributed by atoms with van der Waals surface area (Å²) < 4.78 is 0. The molecule has 0 saturated carbocycles. The number of rotatable bonds is 6. The fourth-order valence-electron chi connectivity index (χ4n) is 1.92. The molecule has 0 aliphatic heterocycles. The predicted molar refractivity (Wildman–Crippen MR) is 81.9 cm³/mol. The van der Waals surface area contributed by atoms with Crippen LogP contribution in [0.2, 0.25) is 0 Å². The second kappa shape index (κ2) is 6.98. The van der Waals surface area contributed by atoms with Crippen LogP contribution in [0.5, 0.6) is 0 Å². The van der Waals surface area contributed by atoms with Crippen LogP contribution in [0.3, 0.4) is 0 Å². The molecule has 0 spiro atoms. The molecule has 0 radical (unpaired) electrons. The van der Waals surface area contributed by atoms with Gasteiger partial charge >= 0.3 is 0 Å². The molecule has 0 atom stereocenters. The number of pyridine rings is 1. The average Bonchev–Trinajstić information content (AvgIpc) is 2.46. The fraction of sp³-hybridized carbons (Fsp3) is 0.438. The first-order valence-electron chi connectivity index (χ1n) is 7.19. The van der Waals surface area contributed by atoms with Crippen LogP contribution in [-0.4, -0.2) is 21.5 Å². The Morgan fingerprint density at radius 1 is 1.15 bits per heavy atom. The lowest BCUT2D eigenvalue weighted by atomic mass is 10.1. The van der Waals surface area contributed by atoms with E-state index in [-0.39, 0.29) is 0 Å². The Labute approximate surface area is 120 Å². The standard InChI is InChI=1S/C16H22N4/c1-4-7-18-15-11-14(12(2)3)19-16(20-15)10-13-5-8-17-9-6-13/h5-6,8-9,11-12H,4,7,10H2,1-3H3,(H,18,19,20). The molecule has 0 unspecified atom stereocenters. The molecule has 0 fully saturated rings. The van der Waals surface area contributed by atoms with Crippen LogP contribution in [0.1, 0.15) is 50.2 Å². The summed E-state index contributed by atoms with van der Waals surface area (Å²) >= 11 is 0. The minimum absolute atomic E-state index is 0.399. The molecule has 1 N–H and O–H groups in total. The molecule has 0 amide bonds. The van der Waals surface area contributed by atoms with Crippen LogP contribution in [0.25, 0.3) is 0 Å². The summed E-state index contributed by atoms with van der Waals surface area (Å²) in [6, 6.07) is 6.06. The molecular weight excluding hydrogens is 248 g/mol. The lowest BCUT2D eigenvalue weighted by Gasteiger charge is -2.11. The van der Waals surface area contributed by atoms with Crippen molar-refractivity contribution in [2.75, 3.05) is 11.9 Å². The minimum Gasteiger partial charge on any atom is -0.370 e. The number of hydrogen-bond acceptors (Lipinski definition) is 4. The van der Waals surface area contributed by atoms with Crippen molar-refractivity contribution < 1.29 is 0 Å². The van der Waals surface area contributed by atoms with Gasteiger partial charge in [0.15, 0.2) is 0 Å². The quantitative estimate of drug-likeness (QED) is 0.874. The third-order valence-corrected chi connectivity index (χ3v) is 3.05. The number of nitrogens with one attached hydrogen (secondary N) is 1. The average molecular weight is 270 g/mol. The number of anilines is 1. The molecular formula is C16H22N4. The molecule has 0 aliphatic carbocycles. The number of nitrogens with zero attached hydrogens (tertiary/aromatic N) is 3. The normalized spacial score (nSPS) is 10.8. The van der Waals surface area contributed by atoms with Crippen LogP contribution in [0, 0.1) is 0 Å². The summed E-state index contributed by atoms with van der Waals surface area (Å²) in [5, 5.41) is 3.35. The summed E-state index contributed by atoms with van der Waals surface area (Å²) in [4.78, 5) is 13.3. The van der Waals surface area contributed by atoms with E-state index < -0.39 is 0 Å². The summed E-state index contributed by atoms with van der Waals surface area (Å²) in [5.41, 5.74) is 2.27. The van der Waals surface area contributed by atoms with Crippen molar-refractivity contribution >= 4 is 5.82 Å². The fourth-order valence-corrected chi connectivity index (χ4v) is 1.92. The highest BCUT2D eigenvalue weighted by Gasteiger charge is 2.08. The van der Waals surface area contributed by atoms with Gasteiger partial charge in [0.2, 0.25) is 0 Å². The topological polar surface area (TPSA) is 50.7 Å². The summed E-state index contributed by atoms with van der Waals surface area (Å²) in [6.45, 7) is 7.39. The molecule has 0 aliphatic rings. The van der Waals surface area contributed by atoms with Gasteiger partial charge in [-0.1, -0.05) is 20.8 Å². The molecule has 2 aromatic heterocycles. The van der Waals surface area contributed by atoms with Crippen molar-refractivity contribution in [2.24, 2.45) is 0 Å². The van der Waals surface area contributed by atoms with Crippen LogP contribution in [-0.2, 0) is 6.42 Å². The van der Waals surface area contributed by atoms with E-state index in [4.69, 9.17) is 0 Å². The summed E-state index contributed by atoms with van der Waals surface area (Å²) in [5.74, 6) is 2.19. The molecule has 106 valence electrons. The Morgan fingerprint density at radius 2 is 1.90 bits per heavy atom. The van der Waals surface area contributed by atoms with Gasteiger partial charge in [-0.05, 0) is 30.0 Å². The largest absolute Gasteiger partial charge is 0.370 e. The van der Waals surface area contributed by atoms with Gasteiger partial charge in [-0.3, -0.25) is 4.98 Å². The first-order chi connectivity index (χ1) is 9.69. The molecule has 0 aromatic carbocycles. The van der Waals surface area contributed by atoms with E-state index in [9.17, 15) is 0 Å². The van der Waals surface area contributed by atoms with Crippen LogP contribution < -0.4 is 5.32 Å². The van der Waals surface area contributed by atoms with E-state index in [0.717, 1.165) is 36.7 Å². The molecule has 0 saturated heterocycles. The SMILES string of the molecule is CCCNc1cc(C(C)C)nc(Cc2ccncc2)n1. The molecule has 2 rings (SSSR count). The van der Waals surface area contributed by atoms with Gasteiger partial charge in [0, 0.05) is 37.1 Å². The minimum atomic E-state index is 0.399. The van der Waals surface area contributed by atoms with Crippen LogP contribution in [0.15, 0.2) is 30.6 Å². The predicted octanol–water partition coefficient (Wildman–Crippen LogP) is 3.41. The third kappa shape index (κ3) is 4.02. The monoisotopic (exact) mass is 270 g/mol. The van der Waals surface area contributed by atoms with E-state index in [0.29, 0.717) is 5.92 Å². The van der Waals surface area contributed by atoms with Crippen molar-refractivity contribution in [3.05, 3.63) is 47.7 Å². The van der Waals surface area contributed by atoms with Crippen LogP contribution in [0.4, 0.5) is 5.82 Å². The zero-order chi connectivity index (χ0) is 14.4. The number of hydrogen-bond donors (Lipinski definition) is 1. The van der Waals surface area contributed by atoms with Crippen molar-refractivity contribution in [2.45, 2.75) is 39.5 Å². The van der Waals surface area contributed by atoms with E-state index in [1.54, 1.807) is 12.4 Å². The first kappa shape index (κ1) is 14.4. The molecule has 0 bridgehead atoms. The highest BCUT2D eigenvalue weighted by molar-refractivity contribution is 5.37. The zero-order valence-electron chi connectivity index (χ0n) is 12.4. The van der Waals surface area contributed by atoms with Crippen LogP contribution >= 0.6 is 0 Å². The Hall–Kier alpha value is -1.97. The highest BCUT2D eigenvalue weighted by atomic mass is 15.0. The first-order valence-corrected chi connectivity index (χ1v) is 7.19. The summed E-state index contributed by atoms with van der Waals surface area (Å²) in [7, 11) is 0. The molecule has 4 nitrogen and oxygen atoms in total. The molecule has 2 heterocycles. The van der Waals surface area contributed by atoms with E-state index in [1.807, 2.05) is 12.1 Å². The Morgan fingerprint density at radius 3 is 2.55 bits per heavy atom. The van der Waals surface area contributed by atoms with Crippen molar-refractivity contribution in [3.63, 3.8) is 0 Å². The maximum absolute atomic E-state index is 4.66. The van der Waals surface area contributed by atoms with E-state index >= 15 is 0 Å². The van der Waals surface area contributed by atoms with E-state index in [1.165, 1.54) is 5.56 Å². The molecule has 4 heteroatoms. The zero-order valence-corrected chi connectivity index (χ0v) is 12.4. The Balaban J connectivity index is 2.24. The maximum Gasteiger partial charge on any atom is 0.135 e. The van der Waals surface area contributed by atoms with Gasteiger partial charge in [-0.25, -0.2) is 9.97 Å². The maximum atomic E-state index is 4.66. The Kier molecular flexibility index (Phi) is 5.04. The van der Waals surface area contributed by atoms with Gasteiger partial charge in [0.1, 0.15) is 11.6 Å². The lowest BCUT2D eigenvalue weighted by molar-refractivity contribution is 0.790. The Bertz CT molecular complexity index is 537. The van der Waals surface area contributed by atoms with Crippen molar-refractivity contribution in [1.82, 2.24) is 15.0 Å². The van der Waals surface area contributed by atoms with Gasteiger partial charge in [-0.15, -0.1) is 0 Å². The lowest BCUT2D eigenvalue weighted by Crippen LogP contribution is -2.08. The van der Waals surface area contributed by atoms with E-state index in [2.05, 4.69) is 47.1 Å². The summed E-state index contributed by atoms with van der Waals surface area (Å²) in [6.07, 6.45) is 5.43. The van der Waals surface area contributed by atoms with Gasteiger partial charge in [-0.2, -0.15) is 0 Å².